The van der Waals surface area contributed by atoms with Crippen molar-refractivity contribution in [3.8, 4) is 11.4 Å². The van der Waals surface area contributed by atoms with Crippen LogP contribution >= 0.6 is 0 Å². The minimum Gasteiger partial charge on any atom is -0.367 e. The molecule has 1 aromatic heterocycles. The highest BCUT2D eigenvalue weighted by Gasteiger charge is 2.24. The fourth-order valence-corrected chi connectivity index (χ4v) is 2.36. The molecule has 0 saturated carbocycles. The summed E-state index contributed by atoms with van der Waals surface area (Å²) in [6, 6.07) is 3.96. The Kier molecular flexibility index (Phi) is 3.71. The van der Waals surface area contributed by atoms with Crippen LogP contribution in [0.5, 0.6) is 0 Å². The molecule has 0 bridgehead atoms. The first-order chi connectivity index (χ1) is 10.9. The van der Waals surface area contributed by atoms with E-state index in [4.69, 9.17) is 0 Å². The Labute approximate surface area is 132 Å². The van der Waals surface area contributed by atoms with Gasteiger partial charge in [-0.25, -0.2) is 8.78 Å². The van der Waals surface area contributed by atoms with Crippen molar-refractivity contribution < 1.29 is 8.78 Å². The molecular formula is C16H17F2N5. The van der Waals surface area contributed by atoms with Crippen molar-refractivity contribution in [2.24, 2.45) is 0 Å². The highest BCUT2D eigenvalue weighted by atomic mass is 19.2. The Hall–Kier alpha value is -2.57. The van der Waals surface area contributed by atoms with E-state index in [1.165, 1.54) is 16.8 Å². The minimum absolute atomic E-state index is 0.0350. The number of hydrogen-bond acceptors (Lipinski definition) is 4. The van der Waals surface area contributed by atoms with Crippen LogP contribution in [0.25, 0.3) is 17.1 Å². The Morgan fingerprint density at radius 1 is 1.17 bits per heavy atom. The maximum atomic E-state index is 14.1. The number of halogens is 2. The molecule has 3 rings (SSSR count). The van der Waals surface area contributed by atoms with Gasteiger partial charge in [-0.1, -0.05) is 6.07 Å². The molecule has 0 radical (unpaired) electrons. The van der Waals surface area contributed by atoms with Gasteiger partial charge >= 0.3 is 0 Å². The van der Waals surface area contributed by atoms with Gasteiger partial charge in [0, 0.05) is 11.7 Å². The van der Waals surface area contributed by atoms with Crippen molar-refractivity contribution in [1.82, 2.24) is 25.1 Å². The van der Waals surface area contributed by atoms with Crippen LogP contribution in [-0.2, 0) is 0 Å². The van der Waals surface area contributed by atoms with E-state index in [1.807, 2.05) is 18.4 Å². The second-order valence-electron chi connectivity index (χ2n) is 6.31. The van der Waals surface area contributed by atoms with Crippen molar-refractivity contribution in [2.45, 2.75) is 26.3 Å². The third-order valence-electron chi connectivity index (χ3n) is 3.68. The van der Waals surface area contributed by atoms with E-state index in [1.54, 1.807) is 0 Å². The molecule has 5 nitrogen and oxygen atoms in total. The first-order valence-electron chi connectivity index (χ1n) is 7.25. The van der Waals surface area contributed by atoms with Crippen LogP contribution in [0.3, 0.4) is 0 Å². The van der Waals surface area contributed by atoms with Gasteiger partial charge in [0.2, 0.25) is 0 Å². The van der Waals surface area contributed by atoms with Gasteiger partial charge in [0.25, 0.3) is 0 Å². The molecule has 0 atom stereocenters. The molecule has 1 aliphatic rings. The van der Waals surface area contributed by atoms with Crippen molar-refractivity contribution >= 4 is 5.70 Å². The SMILES string of the molecule is CC(C)(C)N1C=CC=C(n2nnnc2-c2cccc(F)c2F)C1. The fraction of sp³-hybridized carbons (Fsp3) is 0.312. The first-order valence-corrected chi connectivity index (χ1v) is 7.25. The molecule has 1 aromatic carbocycles. The number of benzene rings is 1. The van der Waals surface area contributed by atoms with Crippen LogP contribution in [0, 0.1) is 11.6 Å². The number of allylic oxidation sites excluding steroid dienone is 2. The second-order valence-corrected chi connectivity index (χ2v) is 6.31. The Bertz CT molecular complexity index is 786. The lowest BCUT2D eigenvalue weighted by Gasteiger charge is -2.36. The first kappa shape index (κ1) is 15.3. The zero-order valence-corrected chi connectivity index (χ0v) is 13.2. The largest absolute Gasteiger partial charge is 0.367 e. The van der Waals surface area contributed by atoms with E-state index in [9.17, 15) is 8.78 Å². The average Bonchev–Trinajstić information content (AvgIpc) is 2.98. The molecule has 0 spiro atoms. The van der Waals surface area contributed by atoms with Crippen LogP contribution in [0.2, 0.25) is 0 Å². The van der Waals surface area contributed by atoms with Gasteiger partial charge in [0.1, 0.15) is 0 Å². The van der Waals surface area contributed by atoms with Gasteiger partial charge in [0.15, 0.2) is 17.5 Å². The molecule has 0 amide bonds. The summed E-state index contributed by atoms with van der Waals surface area (Å²) in [4.78, 5) is 2.12. The Morgan fingerprint density at radius 3 is 2.70 bits per heavy atom. The minimum atomic E-state index is -0.955. The summed E-state index contributed by atoms with van der Waals surface area (Å²) < 4.78 is 29.0. The molecule has 23 heavy (non-hydrogen) atoms. The van der Waals surface area contributed by atoms with Crippen molar-refractivity contribution in [3.05, 3.63) is 48.2 Å². The summed E-state index contributed by atoms with van der Waals surface area (Å²) in [7, 11) is 0. The zero-order chi connectivity index (χ0) is 16.6. The van der Waals surface area contributed by atoms with Crippen molar-refractivity contribution in [2.75, 3.05) is 6.54 Å². The van der Waals surface area contributed by atoms with Gasteiger partial charge in [-0.3, -0.25) is 0 Å². The number of tetrazole rings is 1. The molecule has 1 aliphatic heterocycles. The van der Waals surface area contributed by atoms with Crippen molar-refractivity contribution in [3.63, 3.8) is 0 Å². The van der Waals surface area contributed by atoms with Gasteiger partial charge in [0.05, 0.1) is 17.8 Å². The molecule has 0 aliphatic carbocycles. The van der Waals surface area contributed by atoms with Gasteiger partial charge in [-0.2, -0.15) is 4.68 Å². The number of hydrogen-bond donors (Lipinski definition) is 0. The summed E-state index contributed by atoms with van der Waals surface area (Å²) >= 11 is 0. The van der Waals surface area contributed by atoms with Crippen LogP contribution in [0.15, 0.2) is 36.6 Å². The highest BCUT2D eigenvalue weighted by molar-refractivity contribution is 5.63. The number of nitrogens with zero attached hydrogens (tertiary/aromatic N) is 5. The predicted molar refractivity (Wildman–Crippen MR) is 83.0 cm³/mol. The summed E-state index contributed by atoms with van der Waals surface area (Å²) in [6.45, 7) is 6.84. The molecule has 0 saturated heterocycles. The lowest BCUT2D eigenvalue weighted by molar-refractivity contribution is 0.225. The van der Waals surface area contributed by atoms with Crippen LogP contribution in [-0.4, -0.2) is 37.2 Å². The second kappa shape index (κ2) is 5.57. The van der Waals surface area contributed by atoms with Gasteiger partial charge in [-0.15, -0.1) is 5.10 Å². The van der Waals surface area contributed by atoms with E-state index in [-0.39, 0.29) is 16.9 Å². The molecular weight excluding hydrogens is 300 g/mol. The van der Waals surface area contributed by atoms with E-state index >= 15 is 0 Å². The highest BCUT2D eigenvalue weighted by Crippen LogP contribution is 2.26. The van der Waals surface area contributed by atoms with Crippen LogP contribution in [0.4, 0.5) is 8.78 Å². The third kappa shape index (κ3) is 2.86. The van der Waals surface area contributed by atoms with E-state index in [0.29, 0.717) is 6.54 Å². The lowest BCUT2D eigenvalue weighted by Crippen LogP contribution is -2.39. The van der Waals surface area contributed by atoms with Gasteiger partial charge < -0.3 is 4.90 Å². The van der Waals surface area contributed by atoms with Crippen molar-refractivity contribution in [1.29, 1.82) is 0 Å². The van der Waals surface area contributed by atoms with E-state index in [2.05, 4.69) is 41.2 Å². The molecule has 120 valence electrons. The standard InChI is InChI=1S/C16H17F2N5/c1-16(2,3)22-9-5-6-11(10-22)23-15(19-20-21-23)12-7-4-8-13(17)14(12)18/h4-9H,10H2,1-3H3. The quantitative estimate of drug-likeness (QED) is 0.854. The molecule has 7 heteroatoms. The molecule has 0 fully saturated rings. The summed E-state index contributed by atoms with van der Waals surface area (Å²) in [6.07, 6.45) is 5.73. The smallest absolute Gasteiger partial charge is 0.189 e. The molecule has 0 unspecified atom stereocenters. The zero-order valence-electron chi connectivity index (χ0n) is 13.2. The van der Waals surface area contributed by atoms with Crippen LogP contribution < -0.4 is 0 Å². The number of rotatable bonds is 2. The normalized spacial score (nSPS) is 15.0. The monoisotopic (exact) mass is 317 g/mol. The summed E-state index contributed by atoms with van der Waals surface area (Å²) in [5.74, 6) is -1.70. The topological polar surface area (TPSA) is 46.8 Å². The van der Waals surface area contributed by atoms with E-state index in [0.717, 1.165) is 11.8 Å². The van der Waals surface area contributed by atoms with Crippen LogP contribution in [0.1, 0.15) is 20.8 Å². The predicted octanol–water partition coefficient (Wildman–Crippen LogP) is 3.09. The van der Waals surface area contributed by atoms with Gasteiger partial charge in [-0.05, 0) is 55.5 Å². The van der Waals surface area contributed by atoms with E-state index < -0.39 is 11.6 Å². The molecule has 2 heterocycles. The molecule has 0 N–H and O–H groups in total. The summed E-state index contributed by atoms with van der Waals surface area (Å²) in [5.41, 5.74) is 0.743. The summed E-state index contributed by atoms with van der Waals surface area (Å²) in [5, 5.41) is 11.4. The maximum absolute atomic E-state index is 14.1. The fourth-order valence-electron chi connectivity index (χ4n) is 2.36. The average molecular weight is 317 g/mol. The Balaban J connectivity index is 2.01. The molecule has 2 aromatic rings. The Morgan fingerprint density at radius 2 is 1.96 bits per heavy atom. The lowest BCUT2D eigenvalue weighted by atomic mass is 10.1. The third-order valence-corrected chi connectivity index (χ3v) is 3.68. The maximum Gasteiger partial charge on any atom is 0.189 e. The number of aromatic nitrogens is 4.